The third kappa shape index (κ3) is 5.10. The lowest BCUT2D eigenvalue weighted by atomic mass is 9.52. The molecule has 3 atom stereocenters. The van der Waals surface area contributed by atoms with Crippen molar-refractivity contribution in [2.45, 2.75) is 63.2 Å². The van der Waals surface area contributed by atoms with Gasteiger partial charge in [-0.2, -0.15) is 0 Å². The van der Waals surface area contributed by atoms with Gasteiger partial charge in [-0.15, -0.1) is 0 Å². The Labute approximate surface area is 244 Å². The fourth-order valence-corrected chi connectivity index (χ4v) is 7.91. The predicted octanol–water partition coefficient (Wildman–Crippen LogP) is 6.76. The summed E-state index contributed by atoms with van der Waals surface area (Å²) in [5.41, 5.74) is 10.5. The number of hydrogen-bond donors (Lipinski definition) is 1. The highest BCUT2D eigenvalue weighted by Gasteiger charge is 2.56. The predicted molar refractivity (Wildman–Crippen MR) is 159 cm³/mol. The molecule has 210 valence electrons. The van der Waals surface area contributed by atoms with Crippen molar-refractivity contribution >= 4 is 22.0 Å². The number of halogens is 1. The van der Waals surface area contributed by atoms with E-state index in [4.69, 9.17) is 19.9 Å². The highest BCUT2D eigenvalue weighted by Crippen LogP contribution is 2.59. The van der Waals surface area contributed by atoms with Gasteiger partial charge in [0.1, 0.15) is 19.8 Å². The number of carbonyl (C=O) groups excluding carboxylic acids is 1. The molecule has 0 aromatic heterocycles. The number of rotatable bonds is 8. The van der Waals surface area contributed by atoms with Gasteiger partial charge < -0.3 is 24.8 Å². The van der Waals surface area contributed by atoms with Gasteiger partial charge in [0, 0.05) is 24.5 Å². The smallest absolute Gasteiger partial charge is 0.410 e. The van der Waals surface area contributed by atoms with Crippen LogP contribution in [0.4, 0.5) is 4.79 Å². The van der Waals surface area contributed by atoms with Crippen LogP contribution in [0.3, 0.4) is 0 Å². The normalized spacial score (nSPS) is 23.1. The van der Waals surface area contributed by atoms with E-state index in [0.29, 0.717) is 38.0 Å². The molecule has 3 aromatic rings. The van der Waals surface area contributed by atoms with Crippen LogP contribution in [0.1, 0.15) is 54.4 Å². The number of amides is 1. The molecule has 1 heterocycles. The molecule has 1 amide bonds. The SMILES string of the molecule is NCCOc1c(OCc2ccccc2)cc2c(c1Br)C[C@H]1C3CCCC[C@@]23CCN1C(=O)OCc1ccccc1. The van der Waals surface area contributed by atoms with Crippen molar-refractivity contribution in [3.05, 3.63) is 93.5 Å². The third-order valence-electron chi connectivity index (χ3n) is 9.04. The van der Waals surface area contributed by atoms with E-state index in [1.807, 2.05) is 53.4 Å². The van der Waals surface area contributed by atoms with E-state index in [-0.39, 0.29) is 24.2 Å². The Morgan fingerprint density at radius 2 is 1.70 bits per heavy atom. The minimum Gasteiger partial charge on any atom is -0.487 e. The topological polar surface area (TPSA) is 74.0 Å². The van der Waals surface area contributed by atoms with Gasteiger partial charge in [-0.3, -0.25) is 0 Å². The molecule has 40 heavy (non-hydrogen) atoms. The van der Waals surface area contributed by atoms with Gasteiger partial charge in [0.15, 0.2) is 11.5 Å². The van der Waals surface area contributed by atoms with Gasteiger partial charge in [0.25, 0.3) is 0 Å². The number of nitrogens with two attached hydrogens (primary N) is 1. The summed E-state index contributed by atoms with van der Waals surface area (Å²) in [6.07, 6.45) is 6.12. The van der Waals surface area contributed by atoms with Crippen LogP contribution < -0.4 is 15.2 Å². The van der Waals surface area contributed by atoms with Crippen LogP contribution in [0, 0.1) is 5.92 Å². The average molecular weight is 606 g/mol. The molecule has 1 saturated heterocycles. The number of carbonyl (C=O) groups is 1. The molecular weight excluding hydrogens is 568 g/mol. The fourth-order valence-electron chi connectivity index (χ4n) is 7.23. The highest BCUT2D eigenvalue weighted by molar-refractivity contribution is 9.10. The summed E-state index contributed by atoms with van der Waals surface area (Å²) in [5.74, 6) is 1.85. The average Bonchev–Trinajstić information content (AvgIpc) is 3.00. The summed E-state index contributed by atoms with van der Waals surface area (Å²) in [6, 6.07) is 22.4. The number of likely N-dealkylation sites (tertiary alicyclic amines) is 1. The molecule has 6 rings (SSSR count). The van der Waals surface area contributed by atoms with Crippen LogP contribution in [0.5, 0.6) is 11.5 Å². The van der Waals surface area contributed by atoms with Crippen molar-refractivity contribution in [3.63, 3.8) is 0 Å². The molecule has 2 aliphatic carbocycles. The molecule has 3 aromatic carbocycles. The number of ether oxygens (including phenoxy) is 3. The molecule has 0 radical (unpaired) electrons. The first-order valence-electron chi connectivity index (χ1n) is 14.4. The second-order valence-corrected chi connectivity index (χ2v) is 12.0. The Kier molecular flexibility index (Phi) is 8.03. The number of piperidine rings is 1. The maximum Gasteiger partial charge on any atom is 0.410 e. The van der Waals surface area contributed by atoms with Gasteiger partial charge in [0.05, 0.1) is 4.47 Å². The van der Waals surface area contributed by atoms with E-state index in [2.05, 4.69) is 34.1 Å². The number of hydrogen-bond acceptors (Lipinski definition) is 5. The lowest BCUT2D eigenvalue weighted by molar-refractivity contribution is -0.0139. The van der Waals surface area contributed by atoms with Gasteiger partial charge in [-0.05, 0) is 75.9 Å². The molecule has 2 N–H and O–H groups in total. The second-order valence-electron chi connectivity index (χ2n) is 11.2. The Balaban J connectivity index is 1.33. The van der Waals surface area contributed by atoms with E-state index in [1.54, 1.807) is 0 Å². The molecule has 1 saturated carbocycles. The van der Waals surface area contributed by atoms with Gasteiger partial charge in [0.2, 0.25) is 0 Å². The summed E-state index contributed by atoms with van der Waals surface area (Å²) >= 11 is 3.93. The van der Waals surface area contributed by atoms with Crippen LogP contribution in [-0.2, 0) is 29.8 Å². The molecule has 1 aliphatic heterocycles. The Bertz CT molecular complexity index is 1340. The quantitative estimate of drug-likeness (QED) is 0.307. The highest BCUT2D eigenvalue weighted by atomic mass is 79.9. The van der Waals surface area contributed by atoms with Crippen molar-refractivity contribution in [2.75, 3.05) is 19.7 Å². The zero-order valence-electron chi connectivity index (χ0n) is 22.8. The van der Waals surface area contributed by atoms with Crippen LogP contribution in [0.15, 0.2) is 71.2 Å². The minimum absolute atomic E-state index is 0.0203. The zero-order chi connectivity index (χ0) is 27.5. The lowest BCUT2D eigenvalue weighted by Crippen LogP contribution is -2.62. The number of benzene rings is 3. The molecule has 2 fully saturated rings. The molecule has 3 aliphatic rings. The van der Waals surface area contributed by atoms with Gasteiger partial charge in [-0.25, -0.2) is 4.79 Å². The molecule has 2 bridgehead atoms. The van der Waals surface area contributed by atoms with Gasteiger partial charge in [-0.1, -0.05) is 73.5 Å². The summed E-state index contributed by atoms with van der Waals surface area (Å²) in [6.45, 7) is 2.27. The molecule has 6 nitrogen and oxygen atoms in total. The van der Waals surface area contributed by atoms with E-state index in [0.717, 1.165) is 47.0 Å². The molecule has 7 heteroatoms. The van der Waals surface area contributed by atoms with Crippen LogP contribution in [0.25, 0.3) is 0 Å². The minimum atomic E-state index is -0.213. The van der Waals surface area contributed by atoms with Crippen LogP contribution in [0.2, 0.25) is 0 Å². The summed E-state index contributed by atoms with van der Waals surface area (Å²) in [7, 11) is 0. The first-order valence-corrected chi connectivity index (χ1v) is 15.2. The van der Waals surface area contributed by atoms with E-state index in [9.17, 15) is 4.79 Å². The Morgan fingerprint density at radius 3 is 2.42 bits per heavy atom. The zero-order valence-corrected chi connectivity index (χ0v) is 24.4. The molecule has 1 unspecified atom stereocenters. The Hall–Kier alpha value is -3.03. The summed E-state index contributed by atoms with van der Waals surface area (Å²) in [5, 5.41) is 0. The van der Waals surface area contributed by atoms with Crippen molar-refractivity contribution in [1.29, 1.82) is 0 Å². The van der Waals surface area contributed by atoms with E-state index < -0.39 is 0 Å². The fraction of sp³-hybridized carbons (Fsp3) is 0.424. The van der Waals surface area contributed by atoms with Gasteiger partial charge >= 0.3 is 6.09 Å². The number of fused-ring (bicyclic) bond motifs is 1. The maximum absolute atomic E-state index is 13.5. The molecular formula is C33H37BrN2O4. The maximum atomic E-state index is 13.5. The first kappa shape index (κ1) is 27.2. The van der Waals surface area contributed by atoms with E-state index >= 15 is 0 Å². The third-order valence-corrected chi connectivity index (χ3v) is 9.88. The summed E-state index contributed by atoms with van der Waals surface area (Å²) in [4.78, 5) is 15.5. The van der Waals surface area contributed by atoms with Crippen LogP contribution >= 0.6 is 15.9 Å². The van der Waals surface area contributed by atoms with Crippen molar-refractivity contribution < 1.29 is 19.0 Å². The first-order chi connectivity index (χ1) is 19.6. The standard InChI is InChI=1S/C33H37BrN2O4/c34-30-25-19-28-26-13-7-8-14-33(26,15-17-36(28)32(37)40-22-24-11-5-2-6-12-24)27(25)20-29(31(30)38-18-16-35)39-21-23-9-3-1-4-10-23/h1-6,9-12,20,26,28H,7-8,13-19,21-22,35H2/t26?,28-,33-/m0/s1. The monoisotopic (exact) mass is 604 g/mol. The molecule has 0 spiro atoms. The summed E-state index contributed by atoms with van der Waals surface area (Å²) < 4.78 is 19.4. The second kappa shape index (κ2) is 11.8. The van der Waals surface area contributed by atoms with Crippen molar-refractivity contribution in [1.82, 2.24) is 4.90 Å². The van der Waals surface area contributed by atoms with Crippen molar-refractivity contribution in [2.24, 2.45) is 11.7 Å². The largest absolute Gasteiger partial charge is 0.487 e. The lowest BCUT2D eigenvalue weighted by Gasteiger charge is -2.58. The van der Waals surface area contributed by atoms with Crippen molar-refractivity contribution in [3.8, 4) is 11.5 Å². The number of nitrogens with zero attached hydrogens (tertiary/aromatic N) is 1. The van der Waals surface area contributed by atoms with E-state index in [1.165, 1.54) is 24.0 Å². The van der Waals surface area contributed by atoms with Crippen LogP contribution in [-0.4, -0.2) is 36.7 Å². The Morgan fingerprint density at radius 1 is 0.975 bits per heavy atom.